The number of carboxylic acids is 1. The van der Waals surface area contributed by atoms with Crippen molar-refractivity contribution < 1.29 is 19.4 Å². The minimum Gasteiger partial charge on any atom is -0.479 e. The normalized spacial score (nSPS) is 9.41. The highest BCUT2D eigenvalue weighted by Gasteiger charge is 2.08. The molecule has 0 heterocycles. The molecule has 0 radical (unpaired) electrons. The van der Waals surface area contributed by atoms with Gasteiger partial charge in [-0.2, -0.15) is 0 Å². The van der Waals surface area contributed by atoms with Gasteiger partial charge in [0.15, 0.2) is 6.61 Å². The van der Waals surface area contributed by atoms with Gasteiger partial charge < -0.3 is 15.2 Å². The fourth-order valence-corrected chi connectivity index (χ4v) is 1.12. The molecule has 0 saturated heterocycles. The molecule has 90 valence electrons. The van der Waals surface area contributed by atoms with E-state index >= 15 is 0 Å². The molecule has 1 aromatic rings. The summed E-state index contributed by atoms with van der Waals surface area (Å²) < 4.78 is 4.54. The van der Waals surface area contributed by atoms with Crippen molar-refractivity contribution in [3.05, 3.63) is 42.5 Å². The summed E-state index contributed by atoms with van der Waals surface area (Å²) in [5.41, 5.74) is 1.16. The summed E-state index contributed by atoms with van der Waals surface area (Å²) in [6.07, 6.45) is 1.72. The van der Waals surface area contributed by atoms with E-state index in [0.717, 1.165) is 5.69 Å². The molecule has 0 aliphatic carbocycles. The van der Waals surface area contributed by atoms with Crippen molar-refractivity contribution in [1.82, 2.24) is 0 Å². The zero-order chi connectivity index (χ0) is 12.7. The molecule has 0 aromatic heterocycles. The summed E-state index contributed by atoms with van der Waals surface area (Å²) in [5, 5.41) is 11.4. The largest absolute Gasteiger partial charge is 0.479 e. The number of hydrogen-bond donors (Lipinski definition) is 2. The van der Waals surface area contributed by atoms with E-state index in [1.165, 1.54) is 0 Å². The van der Waals surface area contributed by atoms with Gasteiger partial charge in [0.25, 0.3) is 0 Å². The van der Waals surface area contributed by atoms with E-state index in [1.54, 1.807) is 30.3 Å². The van der Waals surface area contributed by atoms with Crippen LogP contribution in [-0.4, -0.2) is 30.2 Å². The van der Waals surface area contributed by atoms with Gasteiger partial charge in [-0.05, 0) is 24.3 Å². The number of esters is 1. The maximum absolute atomic E-state index is 11.4. The average molecular weight is 235 g/mol. The second-order valence-corrected chi connectivity index (χ2v) is 3.22. The zero-order valence-corrected chi connectivity index (χ0v) is 9.18. The van der Waals surface area contributed by atoms with Crippen LogP contribution in [0.2, 0.25) is 0 Å². The molecule has 0 spiro atoms. The summed E-state index contributed by atoms with van der Waals surface area (Å²) in [7, 11) is 0. The van der Waals surface area contributed by atoms with Gasteiger partial charge in [0.2, 0.25) is 0 Å². The number of ether oxygens (including phenoxy) is 1. The second-order valence-electron chi connectivity index (χ2n) is 3.22. The standard InChI is InChI=1S/C12H13NO4/c1-2-7-13-10-5-3-9(4-6-10)12(16)17-8-11(14)15/h2-6,13H,1,7-8H2,(H,14,15). The molecule has 0 saturated carbocycles. The van der Waals surface area contributed by atoms with Crippen molar-refractivity contribution >= 4 is 17.6 Å². The van der Waals surface area contributed by atoms with E-state index in [-0.39, 0.29) is 0 Å². The third kappa shape index (κ3) is 4.38. The molecule has 0 amide bonds. The van der Waals surface area contributed by atoms with Gasteiger partial charge in [-0.1, -0.05) is 6.08 Å². The second kappa shape index (κ2) is 6.32. The molecule has 1 aromatic carbocycles. The number of carboxylic acid groups (broad SMARTS) is 1. The van der Waals surface area contributed by atoms with Crippen LogP contribution in [0.1, 0.15) is 10.4 Å². The summed E-state index contributed by atoms with van der Waals surface area (Å²) >= 11 is 0. The summed E-state index contributed by atoms with van der Waals surface area (Å²) in [6, 6.07) is 6.55. The van der Waals surface area contributed by atoms with Crippen LogP contribution in [0.25, 0.3) is 0 Å². The van der Waals surface area contributed by atoms with E-state index in [0.29, 0.717) is 12.1 Å². The van der Waals surface area contributed by atoms with E-state index in [1.807, 2.05) is 0 Å². The fraction of sp³-hybridized carbons (Fsp3) is 0.167. The van der Waals surface area contributed by atoms with E-state index in [2.05, 4.69) is 16.6 Å². The van der Waals surface area contributed by atoms with Crippen LogP contribution in [0.5, 0.6) is 0 Å². The van der Waals surface area contributed by atoms with Crippen molar-refractivity contribution in [2.24, 2.45) is 0 Å². The summed E-state index contributed by atoms with van der Waals surface area (Å²) in [6.45, 7) is 3.57. The molecule has 0 fully saturated rings. The number of carbonyl (C=O) groups is 2. The Morgan fingerprint density at radius 1 is 1.35 bits per heavy atom. The fourth-order valence-electron chi connectivity index (χ4n) is 1.12. The molecule has 0 bridgehead atoms. The summed E-state index contributed by atoms with van der Waals surface area (Å²) in [4.78, 5) is 21.6. The molecular weight excluding hydrogens is 222 g/mol. The lowest BCUT2D eigenvalue weighted by Gasteiger charge is -2.05. The van der Waals surface area contributed by atoms with Gasteiger partial charge in [0, 0.05) is 12.2 Å². The SMILES string of the molecule is C=CCNc1ccc(C(=O)OCC(=O)O)cc1. The number of carbonyl (C=O) groups excluding carboxylic acids is 1. The Morgan fingerprint density at radius 2 is 2.00 bits per heavy atom. The number of aliphatic carboxylic acids is 1. The first kappa shape index (κ1) is 12.8. The number of benzene rings is 1. The number of hydrogen-bond acceptors (Lipinski definition) is 4. The highest BCUT2D eigenvalue weighted by Crippen LogP contribution is 2.10. The third-order valence-corrected chi connectivity index (χ3v) is 1.90. The lowest BCUT2D eigenvalue weighted by Crippen LogP contribution is -2.13. The molecular formula is C12H13NO4. The van der Waals surface area contributed by atoms with Crippen LogP contribution in [0.3, 0.4) is 0 Å². The first-order valence-electron chi connectivity index (χ1n) is 4.97. The van der Waals surface area contributed by atoms with Crippen LogP contribution in [0, 0.1) is 0 Å². The number of anilines is 1. The Hall–Kier alpha value is -2.30. The van der Waals surface area contributed by atoms with Crippen LogP contribution < -0.4 is 5.32 Å². The maximum Gasteiger partial charge on any atom is 0.341 e. The molecule has 1 rings (SSSR count). The van der Waals surface area contributed by atoms with E-state index in [4.69, 9.17) is 5.11 Å². The van der Waals surface area contributed by atoms with Crippen molar-refractivity contribution in [3.8, 4) is 0 Å². The molecule has 5 heteroatoms. The number of rotatable bonds is 6. The molecule has 0 aliphatic heterocycles. The van der Waals surface area contributed by atoms with Gasteiger partial charge in [-0.25, -0.2) is 9.59 Å². The zero-order valence-electron chi connectivity index (χ0n) is 9.18. The van der Waals surface area contributed by atoms with Gasteiger partial charge in [-0.3, -0.25) is 0 Å². The molecule has 5 nitrogen and oxygen atoms in total. The Labute approximate surface area is 98.7 Å². The van der Waals surface area contributed by atoms with Crippen LogP contribution in [-0.2, 0) is 9.53 Å². The predicted octanol–water partition coefficient (Wildman–Crippen LogP) is 1.53. The third-order valence-electron chi connectivity index (χ3n) is 1.90. The lowest BCUT2D eigenvalue weighted by atomic mass is 10.2. The van der Waals surface area contributed by atoms with Crippen molar-refractivity contribution in [2.75, 3.05) is 18.5 Å². The predicted molar refractivity (Wildman–Crippen MR) is 63.0 cm³/mol. The topological polar surface area (TPSA) is 75.6 Å². The van der Waals surface area contributed by atoms with E-state index in [9.17, 15) is 9.59 Å². The average Bonchev–Trinajstić information content (AvgIpc) is 2.34. The quantitative estimate of drug-likeness (QED) is 0.577. The molecule has 0 unspecified atom stereocenters. The van der Waals surface area contributed by atoms with Crippen LogP contribution >= 0.6 is 0 Å². The van der Waals surface area contributed by atoms with Gasteiger partial charge in [0.05, 0.1) is 5.56 Å². The van der Waals surface area contributed by atoms with Crippen molar-refractivity contribution in [2.45, 2.75) is 0 Å². The molecule has 17 heavy (non-hydrogen) atoms. The Kier molecular flexibility index (Phi) is 4.75. The van der Waals surface area contributed by atoms with Gasteiger partial charge in [-0.15, -0.1) is 6.58 Å². The summed E-state index contributed by atoms with van der Waals surface area (Å²) in [5.74, 6) is -1.83. The Balaban J connectivity index is 2.57. The minimum absolute atomic E-state index is 0.315. The highest BCUT2D eigenvalue weighted by molar-refractivity contribution is 5.90. The Morgan fingerprint density at radius 3 is 2.53 bits per heavy atom. The molecule has 0 aliphatic rings. The smallest absolute Gasteiger partial charge is 0.341 e. The van der Waals surface area contributed by atoms with Gasteiger partial charge >= 0.3 is 11.9 Å². The van der Waals surface area contributed by atoms with Crippen LogP contribution in [0.15, 0.2) is 36.9 Å². The first-order valence-corrected chi connectivity index (χ1v) is 4.97. The Bertz CT molecular complexity index is 411. The molecule has 0 atom stereocenters. The van der Waals surface area contributed by atoms with E-state index < -0.39 is 18.5 Å². The number of nitrogens with one attached hydrogen (secondary N) is 1. The minimum atomic E-state index is -1.18. The van der Waals surface area contributed by atoms with Gasteiger partial charge in [0.1, 0.15) is 0 Å². The lowest BCUT2D eigenvalue weighted by molar-refractivity contribution is -0.140. The first-order chi connectivity index (χ1) is 8.13. The van der Waals surface area contributed by atoms with Crippen molar-refractivity contribution in [3.63, 3.8) is 0 Å². The maximum atomic E-state index is 11.4. The van der Waals surface area contributed by atoms with Crippen molar-refractivity contribution in [1.29, 1.82) is 0 Å². The molecule has 2 N–H and O–H groups in total. The van der Waals surface area contributed by atoms with Crippen LogP contribution in [0.4, 0.5) is 5.69 Å². The highest BCUT2D eigenvalue weighted by atomic mass is 16.5. The monoisotopic (exact) mass is 235 g/mol.